The van der Waals surface area contributed by atoms with E-state index in [0.717, 1.165) is 18.4 Å². The summed E-state index contributed by atoms with van der Waals surface area (Å²) in [5.41, 5.74) is 0.832. The first-order valence-electron chi connectivity index (χ1n) is 6.63. The molecule has 1 aromatic rings. The molecule has 102 valence electrons. The Balaban J connectivity index is 2.27. The van der Waals surface area contributed by atoms with E-state index in [1.165, 1.54) is 12.8 Å². The molecule has 0 unspecified atom stereocenters. The van der Waals surface area contributed by atoms with E-state index in [2.05, 4.69) is 0 Å². The average molecular weight is 268 g/mol. The number of methoxy groups -OCH3 is 1. The zero-order valence-corrected chi connectivity index (χ0v) is 11.4. The number of hydrogen-bond acceptors (Lipinski definition) is 4. The largest absolute Gasteiger partial charge is 0.493 e. The van der Waals surface area contributed by atoms with E-state index in [-0.39, 0.29) is 11.7 Å². The second-order valence-corrected chi connectivity index (χ2v) is 4.72. The van der Waals surface area contributed by atoms with Crippen LogP contribution in [-0.4, -0.2) is 13.2 Å². The van der Waals surface area contributed by atoms with Crippen LogP contribution in [0, 0.1) is 22.7 Å². The SMILES string of the molecule is COc1ccc(C=C(C#N)C#N)cc1OC1CCCC1. The average Bonchev–Trinajstić information content (AvgIpc) is 2.98. The lowest BCUT2D eigenvalue weighted by molar-refractivity contribution is 0.201. The minimum absolute atomic E-state index is 0.0713. The summed E-state index contributed by atoms with van der Waals surface area (Å²) in [5.74, 6) is 1.34. The highest BCUT2D eigenvalue weighted by molar-refractivity contribution is 5.64. The van der Waals surface area contributed by atoms with E-state index in [4.69, 9.17) is 20.0 Å². The van der Waals surface area contributed by atoms with Gasteiger partial charge in [0.2, 0.25) is 0 Å². The van der Waals surface area contributed by atoms with Crippen LogP contribution in [0.4, 0.5) is 0 Å². The molecule has 1 aromatic carbocycles. The molecule has 0 amide bonds. The third-order valence-corrected chi connectivity index (χ3v) is 3.34. The van der Waals surface area contributed by atoms with Gasteiger partial charge in [0.15, 0.2) is 11.5 Å². The second-order valence-electron chi connectivity index (χ2n) is 4.72. The van der Waals surface area contributed by atoms with Gasteiger partial charge < -0.3 is 9.47 Å². The first kappa shape index (κ1) is 14.0. The van der Waals surface area contributed by atoms with Crippen molar-refractivity contribution in [1.29, 1.82) is 10.5 Å². The molecule has 20 heavy (non-hydrogen) atoms. The third kappa shape index (κ3) is 3.30. The van der Waals surface area contributed by atoms with Crippen LogP contribution < -0.4 is 9.47 Å². The Hall–Kier alpha value is -2.46. The molecule has 0 bridgehead atoms. The van der Waals surface area contributed by atoms with Gasteiger partial charge in [-0.2, -0.15) is 10.5 Å². The predicted octanol–water partition coefficient (Wildman–Crippen LogP) is 3.45. The molecule has 0 spiro atoms. The fraction of sp³-hybridized carbons (Fsp3) is 0.375. The number of nitrogens with zero attached hydrogens (tertiary/aromatic N) is 2. The summed E-state index contributed by atoms with van der Waals surface area (Å²) in [6.45, 7) is 0. The molecule has 4 heteroatoms. The second kappa shape index (κ2) is 6.63. The topological polar surface area (TPSA) is 66.0 Å². The number of ether oxygens (including phenoxy) is 2. The van der Waals surface area contributed by atoms with Crippen LogP contribution >= 0.6 is 0 Å². The fourth-order valence-electron chi connectivity index (χ4n) is 2.32. The molecular formula is C16H16N2O2. The highest BCUT2D eigenvalue weighted by Crippen LogP contribution is 2.32. The Morgan fingerprint density at radius 3 is 2.50 bits per heavy atom. The van der Waals surface area contributed by atoms with Crippen molar-refractivity contribution in [3.8, 4) is 23.6 Å². The number of nitriles is 2. The first-order chi connectivity index (χ1) is 9.76. The zero-order valence-electron chi connectivity index (χ0n) is 11.4. The monoisotopic (exact) mass is 268 g/mol. The first-order valence-corrected chi connectivity index (χ1v) is 6.63. The predicted molar refractivity (Wildman–Crippen MR) is 75.1 cm³/mol. The maximum Gasteiger partial charge on any atom is 0.162 e. The molecule has 0 heterocycles. The molecule has 1 aliphatic carbocycles. The van der Waals surface area contributed by atoms with E-state index in [9.17, 15) is 0 Å². The molecule has 0 atom stereocenters. The van der Waals surface area contributed by atoms with Gasteiger partial charge in [0, 0.05) is 0 Å². The summed E-state index contributed by atoms with van der Waals surface area (Å²) >= 11 is 0. The number of benzene rings is 1. The molecular weight excluding hydrogens is 252 g/mol. The molecule has 0 aromatic heterocycles. The van der Waals surface area contributed by atoms with Crippen molar-refractivity contribution >= 4 is 6.08 Å². The van der Waals surface area contributed by atoms with E-state index in [1.54, 1.807) is 25.3 Å². The number of rotatable bonds is 4. The van der Waals surface area contributed by atoms with Crippen LogP contribution in [0.5, 0.6) is 11.5 Å². The Morgan fingerprint density at radius 1 is 1.20 bits per heavy atom. The lowest BCUT2D eigenvalue weighted by atomic mass is 10.1. The van der Waals surface area contributed by atoms with Gasteiger partial charge in [-0.3, -0.25) is 0 Å². The summed E-state index contributed by atoms with van der Waals surface area (Å²) in [7, 11) is 1.60. The molecule has 0 aliphatic heterocycles. The Morgan fingerprint density at radius 2 is 1.90 bits per heavy atom. The van der Waals surface area contributed by atoms with Crippen LogP contribution in [-0.2, 0) is 0 Å². The van der Waals surface area contributed by atoms with E-state index in [1.807, 2.05) is 18.2 Å². The van der Waals surface area contributed by atoms with Crippen LogP contribution in [0.2, 0.25) is 0 Å². The van der Waals surface area contributed by atoms with Gasteiger partial charge in [0.1, 0.15) is 17.7 Å². The molecule has 0 radical (unpaired) electrons. The molecule has 0 N–H and O–H groups in total. The summed E-state index contributed by atoms with van der Waals surface area (Å²) < 4.78 is 11.3. The van der Waals surface area contributed by atoms with Crippen molar-refractivity contribution in [2.75, 3.05) is 7.11 Å². The smallest absolute Gasteiger partial charge is 0.162 e. The van der Waals surface area contributed by atoms with E-state index >= 15 is 0 Å². The minimum Gasteiger partial charge on any atom is -0.493 e. The maximum absolute atomic E-state index is 8.79. The highest BCUT2D eigenvalue weighted by atomic mass is 16.5. The van der Waals surface area contributed by atoms with Gasteiger partial charge in [-0.15, -0.1) is 0 Å². The van der Waals surface area contributed by atoms with Crippen molar-refractivity contribution in [1.82, 2.24) is 0 Å². The lowest BCUT2D eigenvalue weighted by Crippen LogP contribution is -2.11. The van der Waals surface area contributed by atoms with Gasteiger partial charge in [-0.1, -0.05) is 6.07 Å². The molecule has 2 rings (SSSR count). The van der Waals surface area contributed by atoms with Gasteiger partial charge in [-0.25, -0.2) is 0 Å². The zero-order chi connectivity index (χ0) is 14.4. The van der Waals surface area contributed by atoms with E-state index < -0.39 is 0 Å². The number of hydrogen-bond donors (Lipinski definition) is 0. The van der Waals surface area contributed by atoms with Crippen molar-refractivity contribution in [3.05, 3.63) is 29.3 Å². The maximum atomic E-state index is 8.79. The van der Waals surface area contributed by atoms with Gasteiger partial charge in [0.25, 0.3) is 0 Å². The van der Waals surface area contributed by atoms with Crippen molar-refractivity contribution in [2.24, 2.45) is 0 Å². The van der Waals surface area contributed by atoms with Crippen LogP contribution in [0.1, 0.15) is 31.2 Å². The normalized spacial score (nSPS) is 14.2. The van der Waals surface area contributed by atoms with Crippen molar-refractivity contribution in [2.45, 2.75) is 31.8 Å². The Kier molecular flexibility index (Phi) is 4.63. The fourth-order valence-corrected chi connectivity index (χ4v) is 2.32. The lowest BCUT2D eigenvalue weighted by Gasteiger charge is -2.16. The number of allylic oxidation sites excluding steroid dienone is 1. The van der Waals surface area contributed by atoms with Crippen molar-refractivity contribution < 1.29 is 9.47 Å². The summed E-state index contributed by atoms with van der Waals surface area (Å²) in [4.78, 5) is 0. The van der Waals surface area contributed by atoms with Crippen molar-refractivity contribution in [3.63, 3.8) is 0 Å². The summed E-state index contributed by atoms with van der Waals surface area (Å²) in [6.07, 6.45) is 6.28. The standard InChI is InChI=1S/C16H16N2O2/c1-19-15-7-6-12(8-13(10-17)11-18)9-16(15)20-14-4-2-3-5-14/h6-9,14H,2-5H2,1H3. The summed E-state index contributed by atoms with van der Waals surface area (Å²) in [6, 6.07) is 9.10. The van der Waals surface area contributed by atoms with Crippen LogP contribution in [0.15, 0.2) is 23.8 Å². The van der Waals surface area contributed by atoms with Gasteiger partial charge >= 0.3 is 0 Å². The quantitative estimate of drug-likeness (QED) is 0.784. The molecule has 1 aliphatic rings. The summed E-state index contributed by atoms with van der Waals surface area (Å²) in [5, 5.41) is 17.6. The molecule has 1 saturated carbocycles. The van der Waals surface area contributed by atoms with E-state index in [0.29, 0.717) is 11.5 Å². The minimum atomic E-state index is 0.0713. The Labute approximate surface area is 118 Å². The van der Waals surface area contributed by atoms with Crippen LogP contribution in [0.25, 0.3) is 6.08 Å². The van der Waals surface area contributed by atoms with Gasteiger partial charge in [-0.05, 0) is 49.5 Å². The van der Waals surface area contributed by atoms with Crippen LogP contribution in [0.3, 0.4) is 0 Å². The molecule has 4 nitrogen and oxygen atoms in total. The highest BCUT2D eigenvalue weighted by Gasteiger charge is 2.18. The molecule has 1 fully saturated rings. The third-order valence-electron chi connectivity index (χ3n) is 3.34. The Bertz CT molecular complexity index is 571. The van der Waals surface area contributed by atoms with Gasteiger partial charge in [0.05, 0.1) is 13.2 Å². The molecule has 0 saturated heterocycles.